The van der Waals surface area contributed by atoms with Gasteiger partial charge in [-0.25, -0.2) is 8.42 Å². The molecule has 2 rings (SSSR count). The van der Waals surface area contributed by atoms with Crippen molar-refractivity contribution in [2.24, 2.45) is 0 Å². The van der Waals surface area contributed by atoms with Crippen molar-refractivity contribution in [2.45, 2.75) is 45.7 Å². The molecule has 0 aliphatic carbocycles. The van der Waals surface area contributed by atoms with Crippen LogP contribution in [0.15, 0.2) is 48.5 Å². The third kappa shape index (κ3) is 5.49. The molecule has 7 heteroatoms. The lowest BCUT2D eigenvalue weighted by Crippen LogP contribution is -2.49. The lowest BCUT2D eigenvalue weighted by atomic mass is 10.0. The molecule has 0 fully saturated rings. The molecule has 5 nitrogen and oxygen atoms in total. The van der Waals surface area contributed by atoms with Crippen molar-refractivity contribution in [3.63, 3.8) is 0 Å². The Bertz CT molecular complexity index is 914. The van der Waals surface area contributed by atoms with Crippen molar-refractivity contribution >= 4 is 33.2 Å². The number of nitrogens with zero attached hydrogens (tertiary/aromatic N) is 1. The van der Waals surface area contributed by atoms with Gasteiger partial charge in [0.25, 0.3) is 0 Å². The molecule has 0 heterocycles. The Morgan fingerprint density at radius 2 is 1.79 bits per heavy atom. The number of anilines is 1. The van der Waals surface area contributed by atoms with Gasteiger partial charge < -0.3 is 5.32 Å². The average molecular weight is 423 g/mol. The number of benzene rings is 2. The largest absolute Gasteiger partial charge is 0.348 e. The van der Waals surface area contributed by atoms with Gasteiger partial charge in [0.1, 0.15) is 6.04 Å². The SMILES string of the molecule is CCc1ccc(C(C)NC(=O)C(CC)N(c2cccc(Cl)c2)S(C)(=O)=O)cc1. The quantitative estimate of drug-likeness (QED) is 0.688. The number of sulfonamides is 1. The summed E-state index contributed by atoms with van der Waals surface area (Å²) in [6.07, 6.45) is 2.37. The number of carbonyl (C=O) groups excluding carboxylic acids is 1. The number of halogens is 1. The van der Waals surface area contributed by atoms with E-state index in [2.05, 4.69) is 12.2 Å². The highest BCUT2D eigenvalue weighted by Crippen LogP contribution is 2.26. The summed E-state index contributed by atoms with van der Waals surface area (Å²) in [5.41, 5.74) is 2.56. The Balaban J connectivity index is 2.28. The van der Waals surface area contributed by atoms with Crippen LogP contribution in [0.5, 0.6) is 0 Å². The normalized spacial score (nSPS) is 13.6. The summed E-state index contributed by atoms with van der Waals surface area (Å²) in [5, 5.41) is 3.35. The molecular weight excluding hydrogens is 396 g/mol. The maximum absolute atomic E-state index is 13.0. The van der Waals surface area contributed by atoms with Gasteiger partial charge in [0.15, 0.2) is 0 Å². The van der Waals surface area contributed by atoms with E-state index in [0.29, 0.717) is 17.1 Å². The molecule has 0 saturated heterocycles. The molecular formula is C21H27ClN2O3S. The van der Waals surface area contributed by atoms with Gasteiger partial charge in [-0.15, -0.1) is 0 Å². The predicted octanol–water partition coefficient (Wildman–Crippen LogP) is 4.32. The van der Waals surface area contributed by atoms with E-state index >= 15 is 0 Å². The first-order chi connectivity index (χ1) is 13.2. The molecule has 2 atom stereocenters. The second-order valence-electron chi connectivity index (χ2n) is 6.79. The van der Waals surface area contributed by atoms with Gasteiger partial charge in [-0.1, -0.05) is 55.8 Å². The Kier molecular flexibility index (Phi) is 7.49. The Labute approximate surface area is 172 Å². The van der Waals surface area contributed by atoms with E-state index in [1.807, 2.05) is 31.2 Å². The molecule has 2 aromatic rings. The fourth-order valence-corrected chi connectivity index (χ4v) is 4.50. The summed E-state index contributed by atoms with van der Waals surface area (Å²) >= 11 is 6.03. The predicted molar refractivity (Wildman–Crippen MR) is 115 cm³/mol. The number of hydrogen-bond acceptors (Lipinski definition) is 3. The van der Waals surface area contributed by atoms with Crippen LogP contribution in [0, 0.1) is 0 Å². The highest BCUT2D eigenvalue weighted by molar-refractivity contribution is 7.92. The lowest BCUT2D eigenvalue weighted by Gasteiger charge is -2.31. The van der Waals surface area contributed by atoms with Crippen molar-refractivity contribution < 1.29 is 13.2 Å². The molecule has 0 aliphatic heterocycles. The minimum absolute atomic E-state index is 0.242. The topological polar surface area (TPSA) is 66.5 Å². The highest BCUT2D eigenvalue weighted by atomic mass is 35.5. The van der Waals surface area contributed by atoms with Crippen molar-refractivity contribution in [3.8, 4) is 0 Å². The monoisotopic (exact) mass is 422 g/mol. The molecule has 0 radical (unpaired) electrons. The summed E-state index contributed by atoms with van der Waals surface area (Å²) in [5.74, 6) is -0.347. The minimum Gasteiger partial charge on any atom is -0.348 e. The van der Waals surface area contributed by atoms with Crippen LogP contribution in [0.1, 0.15) is 44.4 Å². The first-order valence-corrected chi connectivity index (χ1v) is 11.5. The summed E-state index contributed by atoms with van der Waals surface area (Å²) in [6.45, 7) is 5.76. The third-order valence-corrected chi connectivity index (χ3v) is 6.05. The smallest absolute Gasteiger partial charge is 0.244 e. The van der Waals surface area contributed by atoms with Gasteiger partial charge in [0, 0.05) is 5.02 Å². The molecule has 2 aromatic carbocycles. The molecule has 152 valence electrons. The molecule has 0 saturated carbocycles. The molecule has 28 heavy (non-hydrogen) atoms. The number of carbonyl (C=O) groups is 1. The van der Waals surface area contributed by atoms with E-state index in [-0.39, 0.29) is 11.9 Å². The maximum atomic E-state index is 13.0. The molecule has 0 aliphatic rings. The highest BCUT2D eigenvalue weighted by Gasteiger charge is 2.32. The zero-order valence-corrected chi connectivity index (χ0v) is 18.2. The number of rotatable bonds is 8. The second kappa shape index (κ2) is 9.43. The summed E-state index contributed by atoms with van der Waals surface area (Å²) in [7, 11) is -3.69. The summed E-state index contributed by atoms with van der Waals surface area (Å²) in [4.78, 5) is 13.0. The Hall–Kier alpha value is -2.05. The second-order valence-corrected chi connectivity index (χ2v) is 9.08. The van der Waals surface area contributed by atoms with E-state index in [9.17, 15) is 13.2 Å². The van der Waals surface area contributed by atoms with E-state index in [1.54, 1.807) is 31.2 Å². The number of aryl methyl sites for hydroxylation is 1. The van der Waals surface area contributed by atoms with Crippen LogP contribution >= 0.6 is 11.6 Å². The third-order valence-electron chi connectivity index (χ3n) is 4.64. The molecule has 2 unspecified atom stereocenters. The zero-order valence-electron chi connectivity index (χ0n) is 16.6. The van der Waals surface area contributed by atoms with Crippen LogP contribution in [0.4, 0.5) is 5.69 Å². The van der Waals surface area contributed by atoms with Crippen LogP contribution in [-0.2, 0) is 21.2 Å². The summed E-state index contributed by atoms with van der Waals surface area (Å²) in [6, 6.07) is 13.4. The number of nitrogens with one attached hydrogen (secondary N) is 1. The summed E-state index contributed by atoms with van der Waals surface area (Å²) < 4.78 is 26.1. The van der Waals surface area contributed by atoms with E-state index in [4.69, 9.17) is 11.6 Å². The maximum Gasteiger partial charge on any atom is 0.244 e. The van der Waals surface area contributed by atoms with E-state index in [0.717, 1.165) is 22.5 Å². The standard InChI is InChI=1S/C21H27ClN2O3S/c1-5-16-10-12-17(13-11-16)15(3)23-21(25)20(6-2)24(28(4,26)27)19-9-7-8-18(22)14-19/h7-15,20H,5-6H2,1-4H3,(H,23,25). The van der Waals surface area contributed by atoms with Gasteiger partial charge in [-0.05, 0) is 49.1 Å². The lowest BCUT2D eigenvalue weighted by molar-refractivity contribution is -0.122. The molecule has 0 aromatic heterocycles. The minimum atomic E-state index is -3.69. The zero-order chi connectivity index (χ0) is 20.9. The number of amides is 1. The van der Waals surface area contributed by atoms with Crippen molar-refractivity contribution in [2.75, 3.05) is 10.6 Å². The molecule has 0 spiro atoms. The van der Waals surface area contributed by atoms with Crippen LogP contribution in [0.2, 0.25) is 5.02 Å². The van der Waals surface area contributed by atoms with Gasteiger partial charge in [-0.2, -0.15) is 0 Å². The molecule has 1 N–H and O–H groups in total. The van der Waals surface area contributed by atoms with Gasteiger partial charge >= 0.3 is 0 Å². The van der Waals surface area contributed by atoms with Crippen molar-refractivity contribution in [1.82, 2.24) is 5.32 Å². The van der Waals surface area contributed by atoms with Crippen LogP contribution in [0.3, 0.4) is 0 Å². The fraction of sp³-hybridized carbons (Fsp3) is 0.381. The first kappa shape index (κ1) is 22.2. The molecule has 0 bridgehead atoms. The Morgan fingerprint density at radius 1 is 1.14 bits per heavy atom. The number of hydrogen-bond donors (Lipinski definition) is 1. The van der Waals surface area contributed by atoms with E-state index < -0.39 is 16.1 Å². The van der Waals surface area contributed by atoms with Crippen LogP contribution < -0.4 is 9.62 Å². The van der Waals surface area contributed by atoms with Crippen LogP contribution in [0.25, 0.3) is 0 Å². The van der Waals surface area contributed by atoms with Gasteiger partial charge in [0.2, 0.25) is 15.9 Å². The fourth-order valence-electron chi connectivity index (χ4n) is 3.11. The van der Waals surface area contributed by atoms with Crippen molar-refractivity contribution in [1.29, 1.82) is 0 Å². The molecule has 1 amide bonds. The van der Waals surface area contributed by atoms with Gasteiger partial charge in [-0.3, -0.25) is 9.10 Å². The van der Waals surface area contributed by atoms with Crippen LogP contribution in [-0.4, -0.2) is 26.6 Å². The average Bonchev–Trinajstić information content (AvgIpc) is 2.64. The van der Waals surface area contributed by atoms with Crippen molar-refractivity contribution in [3.05, 3.63) is 64.7 Å². The Morgan fingerprint density at radius 3 is 2.29 bits per heavy atom. The first-order valence-electron chi connectivity index (χ1n) is 9.31. The van der Waals surface area contributed by atoms with Gasteiger partial charge in [0.05, 0.1) is 18.0 Å². The van der Waals surface area contributed by atoms with E-state index in [1.165, 1.54) is 5.56 Å².